The third-order valence-corrected chi connectivity index (χ3v) is 4.02. The summed E-state index contributed by atoms with van der Waals surface area (Å²) in [6, 6.07) is 2.73. The van der Waals surface area contributed by atoms with Gasteiger partial charge >= 0.3 is 0 Å². The zero-order valence-electron chi connectivity index (χ0n) is 11.5. The van der Waals surface area contributed by atoms with Crippen LogP contribution in [0.3, 0.4) is 0 Å². The summed E-state index contributed by atoms with van der Waals surface area (Å²) in [4.78, 5) is 11.6. The Balaban J connectivity index is 2.98. The van der Waals surface area contributed by atoms with E-state index in [2.05, 4.69) is 5.32 Å². The number of benzene rings is 1. The fourth-order valence-corrected chi connectivity index (χ4v) is 2.67. The zero-order valence-corrected chi connectivity index (χ0v) is 13.1. The van der Waals surface area contributed by atoms with E-state index in [1.54, 1.807) is 6.92 Å². The normalized spacial score (nSPS) is 13.3. The van der Waals surface area contributed by atoms with Gasteiger partial charge in [-0.3, -0.25) is 4.79 Å². The van der Waals surface area contributed by atoms with Gasteiger partial charge in [-0.05, 0) is 37.5 Å². The molecule has 1 N–H and O–H groups in total. The quantitative estimate of drug-likeness (QED) is 0.848. The second-order valence-electron chi connectivity index (χ2n) is 5.08. The van der Waals surface area contributed by atoms with Gasteiger partial charge in [0, 0.05) is 16.7 Å². The van der Waals surface area contributed by atoms with E-state index >= 15 is 0 Å². The van der Waals surface area contributed by atoms with Crippen LogP contribution in [-0.4, -0.2) is 20.4 Å². The standard InChI is InChI=1S/C13H17ClFNO3S/c1-8(2)6-9(3)16-13(17)11-7-10(20(14,18)19)4-5-12(11)15/h4-5,7-9H,6H2,1-3H3,(H,16,17). The van der Waals surface area contributed by atoms with E-state index in [9.17, 15) is 17.6 Å². The molecule has 0 saturated heterocycles. The maximum absolute atomic E-state index is 13.6. The Morgan fingerprint density at radius 2 is 1.95 bits per heavy atom. The van der Waals surface area contributed by atoms with Crippen molar-refractivity contribution in [1.82, 2.24) is 5.32 Å². The van der Waals surface area contributed by atoms with Crippen LogP contribution in [0.2, 0.25) is 0 Å². The smallest absolute Gasteiger partial charge is 0.261 e. The minimum absolute atomic E-state index is 0.141. The van der Waals surface area contributed by atoms with Crippen LogP contribution in [0.15, 0.2) is 23.1 Å². The molecule has 0 saturated carbocycles. The SMILES string of the molecule is CC(C)CC(C)NC(=O)c1cc(S(=O)(=O)Cl)ccc1F. The molecule has 7 heteroatoms. The first-order valence-corrected chi connectivity index (χ1v) is 8.47. The molecule has 1 aromatic carbocycles. The van der Waals surface area contributed by atoms with Crippen LogP contribution >= 0.6 is 10.7 Å². The lowest BCUT2D eigenvalue weighted by molar-refractivity contribution is 0.0932. The lowest BCUT2D eigenvalue weighted by Gasteiger charge is -2.16. The molecule has 0 aliphatic rings. The summed E-state index contributed by atoms with van der Waals surface area (Å²) < 4.78 is 36.0. The minimum atomic E-state index is -4.00. The number of hydrogen-bond acceptors (Lipinski definition) is 3. The van der Waals surface area contributed by atoms with Crippen LogP contribution in [-0.2, 0) is 9.05 Å². The highest BCUT2D eigenvalue weighted by molar-refractivity contribution is 8.13. The molecule has 1 amide bonds. The van der Waals surface area contributed by atoms with Crippen molar-refractivity contribution in [2.45, 2.75) is 38.1 Å². The second-order valence-corrected chi connectivity index (χ2v) is 7.65. The number of nitrogens with one attached hydrogen (secondary N) is 1. The van der Waals surface area contributed by atoms with Crippen molar-refractivity contribution in [3.05, 3.63) is 29.6 Å². The predicted octanol–water partition coefficient (Wildman–Crippen LogP) is 2.92. The number of halogens is 2. The van der Waals surface area contributed by atoms with Gasteiger partial charge in [-0.25, -0.2) is 12.8 Å². The Morgan fingerprint density at radius 1 is 1.35 bits per heavy atom. The minimum Gasteiger partial charge on any atom is -0.349 e. The maximum Gasteiger partial charge on any atom is 0.261 e. The van der Waals surface area contributed by atoms with Gasteiger partial charge in [-0.2, -0.15) is 0 Å². The zero-order chi connectivity index (χ0) is 15.5. The van der Waals surface area contributed by atoms with Crippen LogP contribution in [0.4, 0.5) is 4.39 Å². The van der Waals surface area contributed by atoms with Gasteiger partial charge in [-0.1, -0.05) is 13.8 Å². The summed E-state index contributed by atoms with van der Waals surface area (Å²) in [7, 11) is 1.18. The fraction of sp³-hybridized carbons (Fsp3) is 0.462. The Kier molecular flexibility index (Phi) is 5.53. The number of rotatable bonds is 5. The summed E-state index contributed by atoms with van der Waals surface area (Å²) >= 11 is 0. The first kappa shape index (κ1) is 16.9. The number of carbonyl (C=O) groups excluding carboxylic acids is 1. The molecular weight excluding hydrogens is 305 g/mol. The van der Waals surface area contributed by atoms with Gasteiger partial charge in [0.2, 0.25) is 0 Å². The van der Waals surface area contributed by atoms with Crippen LogP contribution < -0.4 is 5.32 Å². The lowest BCUT2D eigenvalue weighted by Crippen LogP contribution is -2.34. The average Bonchev–Trinajstić information content (AvgIpc) is 2.26. The van der Waals surface area contributed by atoms with E-state index in [-0.39, 0.29) is 16.5 Å². The Hall–Kier alpha value is -1.14. The van der Waals surface area contributed by atoms with Gasteiger partial charge in [0.1, 0.15) is 5.82 Å². The molecule has 0 aliphatic heterocycles. The van der Waals surface area contributed by atoms with Crippen molar-refractivity contribution in [3.63, 3.8) is 0 Å². The van der Waals surface area contributed by atoms with Gasteiger partial charge < -0.3 is 5.32 Å². The van der Waals surface area contributed by atoms with Crippen molar-refractivity contribution in [1.29, 1.82) is 0 Å². The monoisotopic (exact) mass is 321 g/mol. The van der Waals surface area contributed by atoms with Crippen LogP contribution in [0, 0.1) is 11.7 Å². The molecule has 20 heavy (non-hydrogen) atoms. The summed E-state index contributed by atoms with van der Waals surface area (Å²) in [5.41, 5.74) is -0.331. The fourth-order valence-electron chi connectivity index (χ4n) is 1.90. The molecule has 1 unspecified atom stereocenters. The van der Waals surface area contributed by atoms with Crippen molar-refractivity contribution < 1.29 is 17.6 Å². The van der Waals surface area contributed by atoms with Crippen molar-refractivity contribution in [3.8, 4) is 0 Å². The van der Waals surface area contributed by atoms with Crippen molar-refractivity contribution in [2.24, 2.45) is 5.92 Å². The van der Waals surface area contributed by atoms with Gasteiger partial charge in [0.25, 0.3) is 15.0 Å². The molecule has 1 aromatic rings. The highest BCUT2D eigenvalue weighted by Crippen LogP contribution is 2.19. The maximum atomic E-state index is 13.6. The van der Waals surface area contributed by atoms with E-state index < -0.39 is 20.8 Å². The molecule has 0 bridgehead atoms. The highest BCUT2D eigenvalue weighted by Gasteiger charge is 2.19. The van der Waals surface area contributed by atoms with Crippen molar-refractivity contribution in [2.75, 3.05) is 0 Å². The summed E-state index contributed by atoms with van der Waals surface area (Å²) in [6.45, 7) is 5.81. The summed E-state index contributed by atoms with van der Waals surface area (Å²) in [5.74, 6) is -1.06. The van der Waals surface area contributed by atoms with E-state index in [0.717, 1.165) is 24.6 Å². The Morgan fingerprint density at radius 3 is 2.45 bits per heavy atom. The molecule has 0 aromatic heterocycles. The summed E-state index contributed by atoms with van der Waals surface area (Å²) in [6.07, 6.45) is 0.737. The molecule has 0 radical (unpaired) electrons. The number of amides is 1. The molecule has 0 aliphatic carbocycles. The van der Waals surface area contributed by atoms with Crippen LogP contribution in [0.5, 0.6) is 0 Å². The third-order valence-electron chi connectivity index (χ3n) is 2.67. The number of hydrogen-bond donors (Lipinski definition) is 1. The molecule has 1 atom stereocenters. The van der Waals surface area contributed by atoms with Crippen LogP contribution in [0.25, 0.3) is 0 Å². The molecule has 4 nitrogen and oxygen atoms in total. The lowest BCUT2D eigenvalue weighted by atomic mass is 10.0. The molecule has 0 heterocycles. The number of carbonyl (C=O) groups is 1. The molecule has 0 fully saturated rings. The first-order valence-electron chi connectivity index (χ1n) is 6.16. The van der Waals surface area contributed by atoms with Crippen molar-refractivity contribution >= 4 is 25.6 Å². The average molecular weight is 322 g/mol. The predicted molar refractivity (Wildman–Crippen MR) is 75.8 cm³/mol. The molecular formula is C13H17ClFNO3S. The second kappa shape index (κ2) is 6.54. The van der Waals surface area contributed by atoms with Crippen LogP contribution in [0.1, 0.15) is 37.6 Å². The van der Waals surface area contributed by atoms with Gasteiger partial charge in [-0.15, -0.1) is 0 Å². The topological polar surface area (TPSA) is 63.2 Å². The Labute approximate surface area is 122 Å². The van der Waals surface area contributed by atoms with E-state index in [0.29, 0.717) is 5.92 Å². The van der Waals surface area contributed by atoms with Gasteiger partial charge in [0.15, 0.2) is 0 Å². The van der Waals surface area contributed by atoms with E-state index in [1.807, 2.05) is 13.8 Å². The first-order chi connectivity index (χ1) is 9.11. The third kappa shape index (κ3) is 4.76. The largest absolute Gasteiger partial charge is 0.349 e. The van der Waals surface area contributed by atoms with Gasteiger partial charge in [0.05, 0.1) is 10.5 Å². The summed E-state index contributed by atoms with van der Waals surface area (Å²) in [5, 5.41) is 2.63. The highest BCUT2D eigenvalue weighted by atomic mass is 35.7. The van der Waals surface area contributed by atoms with E-state index in [4.69, 9.17) is 10.7 Å². The molecule has 1 rings (SSSR count). The molecule has 112 valence electrons. The Bertz CT molecular complexity index is 602. The molecule has 0 spiro atoms. The van der Waals surface area contributed by atoms with E-state index in [1.165, 1.54) is 0 Å².